The Morgan fingerprint density at radius 3 is 2.16 bits per heavy atom. The average Bonchev–Trinajstić information content (AvgIpc) is 3.31. The number of carbonyl (C=O) groups excluding carboxylic acids is 1. The Morgan fingerprint density at radius 1 is 1.06 bits per heavy atom. The number of halogens is 1. The molecule has 1 fully saturated rings. The van der Waals surface area contributed by atoms with Gasteiger partial charge in [0.15, 0.2) is 0 Å². The van der Waals surface area contributed by atoms with Gasteiger partial charge in [0.2, 0.25) is 5.91 Å². The van der Waals surface area contributed by atoms with Crippen molar-refractivity contribution in [1.29, 1.82) is 0 Å². The summed E-state index contributed by atoms with van der Waals surface area (Å²) in [4.78, 5) is 19.7. The lowest BCUT2D eigenvalue weighted by Gasteiger charge is -2.44. The van der Waals surface area contributed by atoms with Crippen LogP contribution in [-0.4, -0.2) is 37.2 Å². The molecule has 1 aromatic heterocycles. The van der Waals surface area contributed by atoms with Gasteiger partial charge in [-0.3, -0.25) is 4.79 Å². The number of morpholine rings is 1. The van der Waals surface area contributed by atoms with Crippen LogP contribution in [0.2, 0.25) is 0 Å². The molecule has 1 aliphatic heterocycles. The van der Waals surface area contributed by atoms with Crippen LogP contribution in [0.3, 0.4) is 0 Å². The van der Waals surface area contributed by atoms with Gasteiger partial charge in [0.1, 0.15) is 10.8 Å². The number of carbonyl (C=O) groups is 1. The molecule has 1 unspecified atom stereocenters. The zero-order valence-electron chi connectivity index (χ0n) is 17.7. The van der Waals surface area contributed by atoms with Crippen LogP contribution in [0.5, 0.6) is 0 Å². The summed E-state index contributed by atoms with van der Waals surface area (Å²) >= 11 is 1.46. The molecule has 2 N–H and O–H groups in total. The molecule has 3 aromatic rings. The Hall–Kier alpha value is -2.77. The highest BCUT2D eigenvalue weighted by molar-refractivity contribution is 7.09. The van der Waals surface area contributed by atoms with Crippen LogP contribution in [0.15, 0.2) is 60.1 Å². The van der Waals surface area contributed by atoms with E-state index in [9.17, 15) is 9.18 Å². The Balaban J connectivity index is 1.93. The van der Waals surface area contributed by atoms with Gasteiger partial charge in [-0.05, 0) is 49.2 Å². The summed E-state index contributed by atoms with van der Waals surface area (Å²) in [5.41, 5.74) is 6.70. The third-order valence-corrected chi connectivity index (χ3v) is 7.15. The van der Waals surface area contributed by atoms with Gasteiger partial charge in [-0.25, -0.2) is 9.37 Å². The van der Waals surface area contributed by atoms with Gasteiger partial charge in [-0.1, -0.05) is 24.3 Å². The van der Waals surface area contributed by atoms with Gasteiger partial charge in [0, 0.05) is 30.4 Å². The van der Waals surface area contributed by atoms with E-state index >= 15 is 0 Å². The topological polar surface area (TPSA) is 68.5 Å². The first kappa shape index (κ1) is 21.5. The Kier molecular flexibility index (Phi) is 5.81. The van der Waals surface area contributed by atoms with Crippen molar-refractivity contribution in [3.63, 3.8) is 0 Å². The van der Waals surface area contributed by atoms with Crippen LogP contribution >= 0.6 is 11.3 Å². The summed E-state index contributed by atoms with van der Waals surface area (Å²) in [6.45, 7) is 6.74. The zero-order valence-corrected chi connectivity index (χ0v) is 18.5. The molecule has 0 bridgehead atoms. The molecule has 31 heavy (non-hydrogen) atoms. The number of amides is 1. The third-order valence-electron chi connectivity index (χ3n) is 6.26. The molecule has 4 rings (SSSR count). The van der Waals surface area contributed by atoms with Gasteiger partial charge in [0.05, 0.1) is 24.0 Å². The van der Waals surface area contributed by atoms with Gasteiger partial charge >= 0.3 is 0 Å². The SMILES string of the molecule is CC(C)(C(N)=O)C(c1ccc(F)cc1)(c1ccc(N2CCOCC2)cc1)c1nccs1. The lowest BCUT2D eigenvalue weighted by molar-refractivity contribution is -0.128. The van der Waals surface area contributed by atoms with Crippen molar-refractivity contribution in [1.82, 2.24) is 4.98 Å². The van der Waals surface area contributed by atoms with Crippen molar-refractivity contribution in [2.24, 2.45) is 11.1 Å². The van der Waals surface area contributed by atoms with E-state index in [0.717, 1.165) is 34.9 Å². The number of ether oxygens (including phenoxy) is 1. The number of hydrogen-bond acceptors (Lipinski definition) is 5. The monoisotopic (exact) mass is 439 g/mol. The van der Waals surface area contributed by atoms with Crippen LogP contribution in [-0.2, 0) is 14.9 Å². The fraction of sp³-hybridized carbons (Fsp3) is 0.333. The molecule has 7 heteroatoms. The van der Waals surface area contributed by atoms with Crippen LogP contribution in [0.1, 0.15) is 30.0 Å². The molecule has 0 spiro atoms. The predicted octanol–water partition coefficient (Wildman–Crippen LogP) is 3.96. The van der Waals surface area contributed by atoms with Crippen molar-refractivity contribution in [2.75, 3.05) is 31.2 Å². The number of benzene rings is 2. The molecule has 162 valence electrons. The molecule has 2 aromatic carbocycles. The number of hydrogen-bond donors (Lipinski definition) is 1. The number of rotatable bonds is 6. The van der Waals surface area contributed by atoms with E-state index in [4.69, 9.17) is 10.5 Å². The van der Waals surface area contributed by atoms with E-state index in [0.29, 0.717) is 13.2 Å². The molecule has 2 heterocycles. The molecule has 1 saturated heterocycles. The highest BCUT2D eigenvalue weighted by atomic mass is 32.1. The summed E-state index contributed by atoms with van der Waals surface area (Å²) in [5.74, 6) is -0.791. The molecule has 0 saturated carbocycles. The number of nitrogens with two attached hydrogens (primary N) is 1. The van der Waals surface area contributed by atoms with Crippen molar-refractivity contribution in [2.45, 2.75) is 19.3 Å². The van der Waals surface area contributed by atoms with E-state index in [1.54, 1.807) is 18.3 Å². The Morgan fingerprint density at radius 2 is 1.65 bits per heavy atom. The van der Waals surface area contributed by atoms with Gasteiger partial charge in [0.25, 0.3) is 0 Å². The minimum Gasteiger partial charge on any atom is -0.378 e. The Bertz CT molecular complexity index is 1030. The minimum absolute atomic E-state index is 0.337. The lowest BCUT2D eigenvalue weighted by atomic mass is 9.58. The van der Waals surface area contributed by atoms with Gasteiger partial charge in [-0.15, -0.1) is 11.3 Å². The van der Waals surface area contributed by atoms with Crippen LogP contribution in [0.4, 0.5) is 10.1 Å². The molecule has 1 aliphatic rings. The van der Waals surface area contributed by atoms with E-state index in [1.807, 2.05) is 31.4 Å². The maximum atomic E-state index is 13.8. The second-order valence-electron chi connectivity index (χ2n) is 8.23. The number of aromatic nitrogens is 1. The van der Waals surface area contributed by atoms with Gasteiger partial charge in [-0.2, -0.15) is 0 Å². The molecule has 0 radical (unpaired) electrons. The number of primary amides is 1. The first-order chi connectivity index (χ1) is 14.9. The number of anilines is 1. The van der Waals surface area contributed by atoms with Gasteiger partial charge < -0.3 is 15.4 Å². The zero-order chi connectivity index (χ0) is 22.1. The quantitative estimate of drug-likeness (QED) is 0.631. The maximum absolute atomic E-state index is 13.8. The van der Waals surface area contributed by atoms with Crippen molar-refractivity contribution >= 4 is 22.9 Å². The lowest BCUT2D eigenvalue weighted by Crippen LogP contribution is -2.51. The minimum atomic E-state index is -1.04. The molecule has 1 amide bonds. The summed E-state index contributed by atoms with van der Waals surface area (Å²) in [7, 11) is 0. The van der Waals surface area contributed by atoms with Crippen LogP contribution in [0, 0.1) is 11.2 Å². The molecule has 5 nitrogen and oxygen atoms in total. The van der Waals surface area contributed by atoms with E-state index in [1.165, 1.54) is 23.5 Å². The molecular formula is C24H26FN3O2S. The molecule has 0 aliphatic carbocycles. The molecule has 1 atom stereocenters. The van der Waals surface area contributed by atoms with Crippen molar-refractivity contribution in [3.8, 4) is 0 Å². The number of nitrogens with zero attached hydrogens (tertiary/aromatic N) is 2. The van der Waals surface area contributed by atoms with Crippen molar-refractivity contribution in [3.05, 3.63) is 82.1 Å². The number of thiazole rings is 1. The average molecular weight is 440 g/mol. The Labute approximate surface area is 185 Å². The van der Waals surface area contributed by atoms with E-state index < -0.39 is 16.7 Å². The van der Waals surface area contributed by atoms with Crippen molar-refractivity contribution < 1.29 is 13.9 Å². The normalized spacial score (nSPS) is 16.7. The highest BCUT2D eigenvalue weighted by Gasteiger charge is 2.54. The second kappa shape index (κ2) is 8.40. The summed E-state index contributed by atoms with van der Waals surface area (Å²) < 4.78 is 19.3. The van der Waals surface area contributed by atoms with Crippen LogP contribution in [0.25, 0.3) is 0 Å². The standard InChI is InChI=1S/C24H26FN3O2S/c1-23(2,21(26)29)24(22-27-11-16-31-22,17-3-7-19(25)8-4-17)18-5-9-20(10-6-18)28-12-14-30-15-13-28/h3-11,16H,12-15H2,1-2H3,(H2,26,29). The summed E-state index contributed by atoms with van der Waals surface area (Å²) in [6, 6.07) is 14.4. The first-order valence-corrected chi connectivity index (χ1v) is 11.1. The molecular weight excluding hydrogens is 413 g/mol. The van der Waals surface area contributed by atoms with Crippen LogP contribution < -0.4 is 10.6 Å². The largest absolute Gasteiger partial charge is 0.378 e. The van der Waals surface area contributed by atoms with E-state index in [-0.39, 0.29) is 5.82 Å². The third kappa shape index (κ3) is 3.62. The fourth-order valence-corrected chi connectivity index (χ4v) is 5.48. The highest BCUT2D eigenvalue weighted by Crippen LogP contribution is 2.52. The summed E-state index contributed by atoms with van der Waals surface area (Å²) in [6.07, 6.45) is 1.72. The smallest absolute Gasteiger partial charge is 0.224 e. The summed E-state index contributed by atoms with van der Waals surface area (Å²) in [5, 5.41) is 2.62. The first-order valence-electron chi connectivity index (χ1n) is 10.3. The second-order valence-corrected chi connectivity index (χ2v) is 9.12. The van der Waals surface area contributed by atoms with E-state index in [2.05, 4.69) is 22.0 Å². The fourth-order valence-electron chi connectivity index (χ4n) is 4.44. The predicted molar refractivity (Wildman–Crippen MR) is 121 cm³/mol. The maximum Gasteiger partial charge on any atom is 0.224 e.